The van der Waals surface area contributed by atoms with Crippen molar-refractivity contribution < 1.29 is 9.21 Å². The highest BCUT2D eigenvalue weighted by Crippen LogP contribution is 2.19. The van der Waals surface area contributed by atoms with E-state index in [0.29, 0.717) is 13.1 Å². The van der Waals surface area contributed by atoms with Gasteiger partial charge in [-0.3, -0.25) is 4.79 Å². The second kappa shape index (κ2) is 5.51. The first-order valence-corrected chi connectivity index (χ1v) is 6.92. The first-order valence-electron chi connectivity index (χ1n) is 6.92. The van der Waals surface area contributed by atoms with Crippen molar-refractivity contribution in [3.05, 3.63) is 59.0 Å². The predicted octanol–water partition coefficient (Wildman–Crippen LogP) is 2.55. The van der Waals surface area contributed by atoms with Crippen molar-refractivity contribution in [3.8, 4) is 0 Å². The largest absolute Gasteiger partial charge is 0.467 e. The zero-order valence-electron chi connectivity index (χ0n) is 11.6. The maximum atomic E-state index is 12.6. The summed E-state index contributed by atoms with van der Waals surface area (Å²) in [5.41, 5.74) is 3.27. The molecule has 4 nitrogen and oxygen atoms in total. The molecule has 1 aliphatic heterocycles. The second-order valence-corrected chi connectivity index (χ2v) is 4.99. The molecular weight excluding hydrogens is 252 g/mol. The number of nitrogens with one attached hydrogen (secondary N) is 1. The van der Waals surface area contributed by atoms with Crippen LogP contribution in [0, 0.1) is 0 Å². The van der Waals surface area contributed by atoms with E-state index in [1.54, 1.807) is 11.2 Å². The summed E-state index contributed by atoms with van der Waals surface area (Å²) < 4.78 is 5.32. The summed E-state index contributed by atoms with van der Waals surface area (Å²) in [4.78, 5) is 14.4. The molecule has 2 heterocycles. The summed E-state index contributed by atoms with van der Waals surface area (Å²) in [7, 11) is 0. The van der Waals surface area contributed by atoms with Crippen LogP contribution >= 0.6 is 0 Å². The van der Waals surface area contributed by atoms with Crippen molar-refractivity contribution in [3.63, 3.8) is 0 Å². The number of carbonyl (C=O) groups excluding carboxylic acids is 1. The molecule has 1 aromatic heterocycles. The lowest BCUT2D eigenvalue weighted by Gasteiger charge is -2.20. The van der Waals surface area contributed by atoms with Gasteiger partial charge in [0.25, 0.3) is 5.91 Å². The van der Waals surface area contributed by atoms with Gasteiger partial charge in [0, 0.05) is 25.2 Å². The SMILES string of the molecule is CCN(Cc1ccco1)C(=O)c1ccc2c(c1)CNC2. The van der Waals surface area contributed by atoms with E-state index in [2.05, 4.69) is 5.32 Å². The molecule has 0 unspecified atom stereocenters. The van der Waals surface area contributed by atoms with Crippen molar-refractivity contribution >= 4 is 5.91 Å². The third kappa shape index (κ3) is 2.47. The van der Waals surface area contributed by atoms with E-state index < -0.39 is 0 Å². The van der Waals surface area contributed by atoms with Gasteiger partial charge in [0.1, 0.15) is 5.76 Å². The Morgan fingerprint density at radius 1 is 1.30 bits per heavy atom. The summed E-state index contributed by atoms with van der Waals surface area (Å²) in [6.07, 6.45) is 1.63. The second-order valence-electron chi connectivity index (χ2n) is 4.99. The number of furan rings is 1. The Bertz CT molecular complexity index is 605. The van der Waals surface area contributed by atoms with Crippen LogP contribution in [-0.4, -0.2) is 17.4 Å². The van der Waals surface area contributed by atoms with Gasteiger partial charge in [0.05, 0.1) is 12.8 Å². The van der Waals surface area contributed by atoms with Crippen LogP contribution in [0.3, 0.4) is 0 Å². The molecule has 104 valence electrons. The zero-order valence-corrected chi connectivity index (χ0v) is 11.6. The molecule has 4 heteroatoms. The van der Waals surface area contributed by atoms with Crippen LogP contribution in [-0.2, 0) is 19.6 Å². The molecule has 0 fully saturated rings. The minimum Gasteiger partial charge on any atom is -0.467 e. The van der Waals surface area contributed by atoms with Crippen LogP contribution in [0.1, 0.15) is 34.2 Å². The van der Waals surface area contributed by atoms with E-state index in [1.807, 2.05) is 37.3 Å². The molecule has 0 aliphatic carbocycles. The average molecular weight is 270 g/mol. The molecule has 0 atom stereocenters. The molecule has 3 rings (SSSR count). The Hall–Kier alpha value is -2.07. The van der Waals surface area contributed by atoms with Gasteiger partial charge in [-0.1, -0.05) is 6.07 Å². The molecule has 0 spiro atoms. The van der Waals surface area contributed by atoms with Crippen LogP contribution in [0.25, 0.3) is 0 Å². The van der Waals surface area contributed by atoms with Gasteiger partial charge in [0.15, 0.2) is 0 Å². The molecule has 0 saturated heterocycles. The van der Waals surface area contributed by atoms with Gasteiger partial charge in [-0.05, 0) is 42.3 Å². The number of benzene rings is 1. The van der Waals surface area contributed by atoms with Gasteiger partial charge in [-0.25, -0.2) is 0 Å². The van der Waals surface area contributed by atoms with E-state index in [-0.39, 0.29) is 5.91 Å². The molecule has 1 N–H and O–H groups in total. The summed E-state index contributed by atoms with van der Waals surface area (Å²) in [6, 6.07) is 9.70. The quantitative estimate of drug-likeness (QED) is 0.928. The number of hydrogen-bond donors (Lipinski definition) is 1. The maximum absolute atomic E-state index is 12.6. The van der Waals surface area contributed by atoms with Gasteiger partial charge >= 0.3 is 0 Å². The third-order valence-electron chi connectivity index (χ3n) is 3.68. The van der Waals surface area contributed by atoms with Crippen molar-refractivity contribution in [2.75, 3.05) is 6.54 Å². The fraction of sp³-hybridized carbons (Fsp3) is 0.312. The predicted molar refractivity (Wildman–Crippen MR) is 76.1 cm³/mol. The topological polar surface area (TPSA) is 45.5 Å². The Balaban J connectivity index is 1.79. The fourth-order valence-electron chi connectivity index (χ4n) is 2.53. The molecule has 1 aromatic carbocycles. The van der Waals surface area contributed by atoms with E-state index in [1.165, 1.54) is 11.1 Å². The number of rotatable bonds is 4. The first-order chi connectivity index (χ1) is 9.78. The smallest absolute Gasteiger partial charge is 0.254 e. The minimum absolute atomic E-state index is 0.0543. The minimum atomic E-state index is 0.0543. The van der Waals surface area contributed by atoms with E-state index >= 15 is 0 Å². The summed E-state index contributed by atoms with van der Waals surface area (Å²) in [5.74, 6) is 0.863. The standard InChI is InChI=1S/C16H18N2O2/c1-2-18(11-15-4-3-7-20-15)16(19)12-5-6-13-9-17-10-14(13)8-12/h3-8,17H,2,9-11H2,1H3. The Morgan fingerprint density at radius 3 is 2.90 bits per heavy atom. The Labute approximate surface area is 118 Å². The van der Waals surface area contributed by atoms with Gasteiger partial charge in [-0.15, -0.1) is 0 Å². The van der Waals surface area contributed by atoms with Crippen molar-refractivity contribution in [2.45, 2.75) is 26.6 Å². The number of amides is 1. The normalized spacial score (nSPS) is 13.2. The molecular formula is C16H18N2O2. The van der Waals surface area contributed by atoms with Crippen molar-refractivity contribution in [1.29, 1.82) is 0 Å². The third-order valence-corrected chi connectivity index (χ3v) is 3.68. The molecule has 1 amide bonds. The molecule has 1 aliphatic rings. The number of carbonyl (C=O) groups is 1. The van der Waals surface area contributed by atoms with Crippen molar-refractivity contribution in [2.24, 2.45) is 0 Å². The van der Waals surface area contributed by atoms with Gasteiger partial charge < -0.3 is 14.6 Å². The van der Waals surface area contributed by atoms with Crippen LogP contribution in [0.15, 0.2) is 41.0 Å². The maximum Gasteiger partial charge on any atom is 0.254 e. The number of hydrogen-bond acceptors (Lipinski definition) is 3. The van der Waals surface area contributed by atoms with Crippen LogP contribution < -0.4 is 5.32 Å². The highest BCUT2D eigenvalue weighted by Gasteiger charge is 2.18. The Morgan fingerprint density at radius 2 is 2.15 bits per heavy atom. The fourth-order valence-corrected chi connectivity index (χ4v) is 2.53. The lowest BCUT2D eigenvalue weighted by Crippen LogP contribution is -2.30. The van der Waals surface area contributed by atoms with E-state index in [9.17, 15) is 4.79 Å². The lowest BCUT2D eigenvalue weighted by molar-refractivity contribution is 0.0741. The summed E-state index contributed by atoms with van der Waals surface area (Å²) >= 11 is 0. The molecule has 0 radical (unpaired) electrons. The molecule has 2 aromatic rings. The highest BCUT2D eigenvalue weighted by atomic mass is 16.3. The first kappa shape index (κ1) is 12.9. The molecule has 20 heavy (non-hydrogen) atoms. The highest BCUT2D eigenvalue weighted by molar-refractivity contribution is 5.94. The van der Waals surface area contributed by atoms with Crippen LogP contribution in [0.5, 0.6) is 0 Å². The van der Waals surface area contributed by atoms with Crippen molar-refractivity contribution in [1.82, 2.24) is 10.2 Å². The Kier molecular flexibility index (Phi) is 3.56. The summed E-state index contributed by atoms with van der Waals surface area (Å²) in [6.45, 7) is 4.90. The van der Waals surface area contributed by atoms with Gasteiger partial charge in [-0.2, -0.15) is 0 Å². The summed E-state index contributed by atoms with van der Waals surface area (Å²) in [5, 5.41) is 3.29. The average Bonchev–Trinajstić information content (AvgIpc) is 3.14. The van der Waals surface area contributed by atoms with Crippen LogP contribution in [0.4, 0.5) is 0 Å². The molecule has 0 saturated carbocycles. The molecule has 0 bridgehead atoms. The van der Waals surface area contributed by atoms with E-state index in [4.69, 9.17) is 4.42 Å². The van der Waals surface area contributed by atoms with Gasteiger partial charge in [0.2, 0.25) is 0 Å². The number of fused-ring (bicyclic) bond motifs is 1. The van der Waals surface area contributed by atoms with Crippen LogP contribution in [0.2, 0.25) is 0 Å². The van der Waals surface area contributed by atoms with E-state index in [0.717, 1.165) is 24.4 Å². The lowest BCUT2D eigenvalue weighted by atomic mass is 10.1. The number of nitrogens with zero attached hydrogens (tertiary/aromatic N) is 1. The zero-order chi connectivity index (χ0) is 13.9. The monoisotopic (exact) mass is 270 g/mol.